The summed E-state index contributed by atoms with van der Waals surface area (Å²) in [6, 6.07) is 9.59. The van der Waals surface area contributed by atoms with Crippen LogP contribution in [0.15, 0.2) is 30.3 Å². The van der Waals surface area contributed by atoms with Crippen LogP contribution in [0.2, 0.25) is 0 Å². The van der Waals surface area contributed by atoms with Crippen molar-refractivity contribution >= 4 is 11.9 Å². The highest BCUT2D eigenvalue weighted by molar-refractivity contribution is 5.83. The van der Waals surface area contributed by atoms with Gasteiger partial charge in [-0.25, -0.2) is 4.79 Å². The summed E-state index contributed by atoms with van der Waals surface area (Å²) in [6.45, 7) is 3.22. The van der Waals surface area contributed by atoms with Crippen molar-refractivity contribution in [1.82, 2.24) is 4.90 Å². The minimum Gasteiger partial charge on any atom is -0.445 e. The van der Waals surface area contributed by atoms with Crippen molar-refractivity contribution in [2.24, 2.45) is 5.92 Å². The first-order valence-electron chi connectivity index (χ1n) is 6.69. The lowest BCUT2D eigenvalue weighted by atomic mass is 9.94. The largest absolute Gasteiger partial charge is 0.445 e. The van der Waals surface area contributed by atoms with Crippen LogP contribution in [0.3, 0.4) is 0 Å². The van der Waals surface area contributed by atoms with Gasteiger partial charge in [-0.15, -0.1) is 0 Å². The predicted molar refractivity (Wildman–Crippen MR) is 71.6 cm³/mol. The van der Waals surface area contributed by atoms with Crippen LogP contribution in [0.1, 0.15) is 25.3 Å². The summed E-state index contributed by atoms with van der Waals surface area (Å²) in [5.41, 5.74) is 0.968. The molecule has 0 bridgehead atoms. The molecular formula is C15H19NO3. The number of nitrogens with zero attached hydrogens (tertiary/aromatic N) is 1. The van der Waals surface area contributed by atoms with Gasteiger partial charge in [0.1, 0.15) is 12.4 Å². The first-order chi connectivity index (χ1) is 9.20. The number of hydrogen-bond acceptors (Lipinski definition) is 3. The van der Waals surface area contributed by atoms with Crippen molar-refractivity contribution in [3.8, 4) is 0 Å². The number of likely N-dealkylation sites (tertiary alicyclic amines) is 1. The van der Waals surface area contributed by atoms with E-state index in [1.54, 1.807) is 4.90 Å². The quantitative estimate of drug-likeness (QED) is 0.840. The van der Waals surface area contributed by atoms with Gasteiger partial charge in [-0.05, 0) is 12.0 Å². The van der Waals surface area contributed by atoms with Gasteiger partial charge in [0, 0.05) is 25.4 Å². The summed E-state index contributed by atoms with van der Waals surface area (Å²) >= 11 is 0. The molecule has 1 aromatic rings. The highest BCUT2D eigenvalue weighted by atomic mass is 16.6. The Kier molecular flexibility index (Phi) is 4.55. The maximum absolute atomic E-state index is 11.9. The smallest absolute Gasteiger partial charge is 0.410 e. The van der Waals surface area contributed by atoms with Crippen LogP contribution in [0.25, 0.3) is 0 Å². The van der Waals surface area contributed by atoms with Gasteiger partial charge in [-0.3, -0.25) is 4.79 Å². The van der Waals surface area contributed by atoms with Crippen molar-refractivity contribution in [3.05, 3.63) is 35.9 Å². The number of ether oxygens (including phenoxy) is 1. The number of Topliss-reactive ketones (excluding diaryl/α,β-unsaturated/α-hetero) is 1. The zero-order valence-electron chi connectivity index (χ0n) is 11.2. The standard InChI is InChI=1S/C15H19NO3/c1-2-13-10-16(9-8-14(13)17)15(18)19-11-12-6-4-3-5-7-12/h3-7,13H,2,8-11H2,1H3/t13-/m0/s1. The SMILES string of the molecule is CC[C@H]1CN(C(=O)OCc2ccccc2)CCC1=O. The summed E-state index contributed by atoms with van der Waals surface area (Å²) in [7, 11) is 0. The molecule has 0 aromatic heterocycles. The topological polar surface area (TPSA) is 46.6 Å². The molecule has 0 aliphatic carbocycles. The number of hydrogen-bond donors (Lipinski definition) is 0. The number of rotatable bonds is 3. The highest BCUT2D eigenvalue weighted by Gasteiger charge is 2.29. The van der Waals surface area contributed by atoms with Gasteiger partial charge in [0.15, 0.2) is 0 Å². The molecule has 1 heterocycles. The molecule has 1 aliphatic rings. The van der Waals surface area contributed by atoms with Crippen LogP contribution < -0.4 is 0 Å². The monoisotopic (exact) mass is 261 g/mol. The van der Waals surface area contributed by atoms with E-state index < -0.39 is 0 Å². The third-order valence-corrected chi connectivity index (χ3v) is 3.48. The Balaban J connectivity index is 1.85. The van der Waals surface area contributed by atoms with Gasteiger partial charge in [0.2, 0.25) is 0 Å². The lowest BCUT2D eigenvalue weighted by Crippen LogP contribution is -2.44. The average Bonchev–Trinajstić information content (AvgIpc) is 2.46. The van der Waals surface area contributed by atoms with E-state index in [0.717, 1.165) is 12.0 Å². The van der Waals surface area contributed by atoms with E-state index in [2.05, 4.69) is 0 Å². The molecule has 1 fully saturated rings. The Morgan fingerprint density at radius 1 is 1.37 bits per heavy atom. The van der Waals surface area contributed by atoms with E-state index in [1.807, 2.05) is 37.3 Å². The van der Waals surface area contributed by atoms with E-state index in [9.17, 15) is 9.59 Å². The molecule has 0 N–H and O–H groups in total. The summed E-state index contributed by atoms with van der Waals surface area (Å²) in [5, 5.41) is 0. The number of ketones is 1. The second kappa shape index (κ2) is 6.36. The van der Waals surface area contributed by atoms with Crippen LogP contribution in [0.5, 0.6) is 0 Å². The molecule has 1 saturated heterocycles. The molecule has 19 heavy (non-hydrogen) atoms. The fraction of sp³-hybridized carbons (Fsp3) is 0.467. The third kappa shape index (κ3) is 3.56. The van der Waals surface area contributed by atoms with E-state index in [1.165, 1.54) is 0 Å². The first-order valence-corrected chi connectivity index (χ1v) is 6.69. The van der Waals surface area contributed by atoms with E-state index in [-0.39, 0.29) is 24.4 Å². The number of carbonyl (C=O) groups is 2. The van der Waals surface area contributed by atoms with Crippen LogP contribution in [0.4, 0.5) is 4.79 Å². The summed E-state index contributed by atoms with van der Waals surface area (Å²) < 4.78 is 5.27. The maximum atomic E-state index is 11.9. The van der Waals surface area contributed by atoms with Gasteiger partial charge in [0.05, 0.1) is 0 Å². The van der Waals surface area contributed by atoms with E-state index in [0.29, 0.717) is 19.5 Å². The molecule has 1 atom stereocenters. The molecule has 102 valence electrons. The molecule has 0 spiro atoms. The summed E-state index contributed by atoms with van der Waals surface area (Å²) in [4.78, 5) is 25.2. The molecule has 1 amide bonds. The molecule has 4 heteroatoms. The zero-order chi connectivity index (χ0) is 13.7. The number of benzene rings is 1. The molecule has 0 saturated carbocycles. The van der Waals surface area contributed by atoms with Gasteiger partial charge in [-0.1, -0.05) is 37.3 Å². The Morgan fingerprint density at radius 2 is 2.11 bits per heavy atom. The second-order valence-corrected chi connectivity index (χ2v) is 4.81. The van der Waals surface area contributed by atoms with Gasteiger partial charge < -0.3 is 9.64 Å². The average molecular weight is 261 g/mol. The fourth-order valence-electron chi connectivity index (χ4n) is 2.24. The number of amides is 1. The maximum Gasteiger partial charge on any atom is 0.410 e. The van der Waals surface area contributed by atoms with Crippen molar-refractivity contribution in [2.75, 3.05) is 13.1 Å². The first kappa shape index (κ1) is 13.6. The van der Waals surface area contributed by atoms with Crippen LogP contribution >= 0.6 is 0 Å². The number of piperidine rings is 1. The zero-order valence-corrected chi connectivity index (χ0v) is 11.2. The van der Waals surface area contributed by atoms with Gasteiger partial charge >= 0.3 is 6.09 Å². The predicted octanol–water partition coefficient (Wildman–Crippen LogP) is 2.62. The Morgan fingerprint density at radius 3 is 2.79 bits per heavy atom. The van der Waals surface area contributed by atoms with Crippen LogP contribution in [0, 0.1) is 5.92 Å². The lowest BCUT2D eigenvalue weighted by Gasteiger charge is -2.30. The fourth-order valence-corrected chi connectivity index (χ4v) is 2.24. The van der Waals surface area contributed by atoms with Gasteiger partial charge in [-0.2, -0.15) is 0 Å². The summed E-state index contributed by atoms with van der Waals surface area (Å²) in [5.74, 6) is 0.229. The third-order valence-electron chi connectivity index (χ3n) is 3.48. The Labute approximate surface area is 113 Å². The minimum atomic E-state index is -0.324. The Hall–Kier alpha value is -1.84. The van der Waals surface area contributed by atoms with Crippen LogP contribution in [-0.4, -0.2) is 29.9 Å². The molecule has 4 nitrogen and oxygen atoms in total. The Bertz CT molecular complexity index is 444. The van der Waals surface area contributed by atoms with Crippen molar-refractivity contribution in [1.29, 1.82) is 0 Å². The second-order valence-electron chi connectivity index (χ2n) is 4.81. The van der Waals surface area contributed by atoms with Crippen LogP contribution in [-0.2, 0) is 16.1 Å². The molecule has 1 aromatic carbocycles. The molecular weight excluding hydrogens is 242 g/mol. The lowest BCUT2D eigenvalue weighted by molar-refractivity contribution is -0.125. The highest BCUT2D eigenvalue weighted by Crippen LogP contribution is 2.17. The molecule has 1 aliphatic heterocycles. The molecule has 0 radical (unpaired) electrons. The van der Waals surface area contributed by atoms with Crippen molar-refractivity contribution < 1.29 is 14.3 Å². The van der Waals surface area contributed by atoms with Gasteiger partial charge in [0.25, 0.3) is 0 Å². The minimum absolute atomic E-state index is 0.0296. The van der Waals surface area contributed by atoms with Crippen molar-refractivity contribution in [2.45, 2.75) is 26.4 Å². The molecule has 0 unspecified atom stereocenters. The molecule has 2 rings (SSSR count). The van der Waals surface area contributed by atoms with E-state index >= 15 is 0 Å². The number of carbonyl (C=O) groups excluding carboxylic acids is 2. The van der Waals surface area contributed by atoms with E-state index in [4.69, 9.17) is 4.74 Å². The normalized spacial score (nSPS) is 19.3. The van der Waals surface area contributed by atoms with Crippen molar-refractivity contribution in [3.63, 3.8) is 0 Å². The summed E-state index contributed by atoms with van der Waals surface area (Å²) in [6.07, 6.45) is 0.898.